The molecule has 3 aromatic carbocycles. The Kier molecular flexibility index (Phi) is 7.54. The van der Waals surface area contributed by atoms with Crippen LogP contribution in [-0.4, -0.2) is 30.1 Å². The molecule has 1 aliphatic heterocycles. The van der Waals surface area contributed by atoms with Crippen molar-refractivity contribution in [2.24, 2.45) is 20.5 Å². The SMILES string of the molecule is C=C(C)C(=O)O[C@H]1CCN(c2ccc(N=Nc3ccc(N=Nc4ccc([N+](=O)[O-])cc4)cc3)cc2)C1. The summed E-state index contributed by atoms with van der Waals surface area (Å²) in [5.74, 6) is -0.349. The molecule has 0 unspecified atom stereocenters. The fourth-order valence-electron chi connectivity index (χ4n) is 3.50. The first-order chi connectivity index (χ1) is 17.4. The Bertz CT molecular complexity index is 1300. The Morgan fingerprint density at radius 1 is 0.889 bits per heavy atom. The van der Waals surface area contributed by atoms with Crippen LogP contribution in [0.2, 0.25) is 0 Å². The summed E-state index contributed by atoms with van der Waals surface area (Å²) in [5.41, 5.74) is 3.96. The van der Waals surface area contributed by atoms with Crippen molar-refractivity contribution in [1.82, 2.24) is 0 Å². The van der Waals surface area contributed by atoms with Crippen LogP contribution < -0.4 is 4.90 Å². The third-order valence-corrected chi connectivity index (χ3v) is 5.45. The number of ether oxygens (including phenoxy) is 1. The van der Waals surface area contributed by atoms with E-state index in [0.29, 0.717) is 34.9 Å². The Morgan fingerprint density at radius 3 is 1.78 bits per heavy atom. The van der Waals surface area contributed by atoms with Gasteiger partial charge in [0.2, 0.25) is 0 Å². The van der Waals surface area contributed by atoms with Gasteiger partial charge in [0.1, 0.15) is 6.10 Å². The van der Waals surface area contributed by atoms with Gasteiger partial charge in [-0.05, 0) is 67.6 Å². The molecule has 10 heteroatoms. The lowest BCUT2D eigenvalue weighted by Gasteiger charge is -2.18. The van der Waals surface area contributed by atoms with Crippen LogP contribution in [0.1, 0.15) is 13.3 Å². The fraction of sp³-hybridized carbons (Fsp3) is 0.192. The maximum absolute atomic E-state index is 11.7. The maximum Gasteiger partial charge on any atom is 0.333 e. The number of hydrogen-bond acceptors (Lipinski definition) is 9. The number of rotatable bonds is 8. The molecule has 0 spiro atoms. The zero-order valence-corrected chi connectivity index (χ0v) is 19.7. The van der Waals surface area contributed by atoms with Gasteiger partial charge in [0.25, 0.3) is 5.69 Å². The van der Waals surface area contributed by atoms with Crippen molar-refractivity contribution in [3.05, 3.63) is 95.1 Å². The van der Waals surface area contributed by atoms with E-state index in [0.717, 1.165) is 18.7 Å². The molecular weight excluding hydrogens is 460 g/mol. The Hall–Kier alpha value is -4.73. The quantitative estimate of drug-likeness (QED) is 0.111. The number of carbonyl (C=O) groups is 1. The van der Waals surface area contributed by atoms with Gasteiger partial charge in [0, 0.05) is 36.4 Å². The van der Waals surface area contributed by atoms with Gasteiger partial charge in [-0.15, -0.1) is 0 Å². The highest BCUT2D eigenvalue weighted by molar-refractivity contribution is 5.87. The first kappa shape index (κ1) is 24.4. The minimum atomic E-state index is -0.461. The van der Waals surface area contributed by atoms with Gasteiger partial charge in [0.05, 0.1) is 34.2 Å². The smallest absolute Gasteiger partial charge is 0.333 e. The zero-order valence-electron chi connectivity index (χ0n) is 19.7. The van der Waals surface area contributed by atoms with Crippen LogP contribution in [0.3, 0.4) is 0 Å². The number of anilines is 1. The minimum Gasteiger partial charge on any atom is -0.457 e. The number of nitro groups is 1. The Balaban J connectivity index is 1.31. The van der Waals surface area contributed by atoms with Crippen molar-refractivity contribution in [3.63, 3.8) is 0 Å². The molecule has 4 rings (SSSR count). The second-order valence-corrected chi connectivity index (χ2v) is 8.25. The molecule has 0 aliphatic carbocycles. The minimum absolute atomic E-state index is 0.00425. The molecule has 1 heterocycles. The van der Waals surface area contributed by atoms with E-state index in [2.05, 4.69) is 31.9 Å². The summed E-state index contributed by atoms with van der Waals surface area (Å²) >= 11 is 0. The summed E-state index contributed by atoms with van der Waals surface area (Å²) < 4.78 is 5.45. The zero-order chi connectivity index (χ0) is 25.5. The molecule has 0 saturated carbocycles. The summed E-state index contributed by atoms with van der Waals surface area (Å²) in [6.45, 7) is 6.72. The van der Waals surface area contributed by atoms with E-state index in [1.165, 1.54) is 24.3 Å². The Morgan fingerprint density at radius 2 is 1.33 bits per heavy atom. The van der Waals surface area contributed by atoms with Crippen LogP contribution in [0, 0.1) is 10.1 Å². The molecule has 1 aliphatic rings. The molecule has 0 N–H and O–H groups in total. The van der Waals surface area contributed by atoms with Crippen LogP contribution in [0.5, 0.6) is 0 Å². The van der Waals surface area contributed by atoms with Gasteiger partial charge in [-0.3, -0.25) is 10.1 Å². The van der Waals surface area contributed by atoms with Gasteiger partial charge in [-0.2, -0.15) is 20.5 Å². The third-order valence-electron chi connectivity index (χ3n) is 5.45. The molecule has 0 amide bonds. The Labute approximate surface area is 207 Å². The maximum atomic E-state index is 11.7. The molecule has 3 aromatic rings. The summed E-state index contributed by atoms with van der Waals surface area (Å²) in [7, 11) is 0. The molecule has 0 bridgehead atoms. The number of nitro benzene ring substituents is 1. The number of hydrogen-bond donors (Lipinski definition) is 0. The van der Waals surface area contributed by atoms with E-state index in [-0.39, 0.29) is 17.8 Å². The third kappa shape index (κ3) is 6.44. The van der Waals surface area contributed by atoms with Crippen molar-refractivity contribution in [2.75, 3.05) is 18.0 Å². The van der Waals surface area contributed by atoms with Crippen LogP contribution in [0.4, 0.5) is 34.1 Å². The number of benzene rings is 3. The predicted molar refractivity (Wildman–Crippen MR) is 136 cm³/mol. The van der Waals surface area contributed by atoms with Gasteiger partial charge in [-0.25, -0.2) is 4.79 Å². The van der Waals surface area contributed by atoms with Gasteiger partial charge < -0.3 is 9.64 Å². The highest BCUT2D eigenvalue weighted by Crippen LogP contribution is 2.27. The number of carbonyl (C=O) groups excluding carboxylic acids is 1. The molecule has 1 saturated heterocycles. The normalized spacial score (nSPS) is 15.5. The van der Waals surface area contributed by atoms with E-state index < -0.39 is 4.92 Å². The number of non-ortho nitro benzene ring substituents is 1. The summed E-state index contributed by atoms with van der Waals surface area (Å²) in [6.07, 6.45) is 0.648. The monoisotopic (exact) mass is 484 g/mol. The lowest BCUT2D eigenvalue weighted by atomic mass is 10.2. The molecular formula is C26H24N6O4. The van der Waals surface area contributed by atoms with Crippen molar-refractivity contribution in [2.45, 2.75) is 19.4 Å². The summed E-state index contributed by atoms with van der Waals surface area (Å²) in [4.78, 5) is 24.1. The number of esters is 1. The van der Waals surface area contributed by atoms with E-state index in [9.17, 15) is 14.9 Å². The van der Waals surface area contributed by atoms with Crippen molar-refractivity contribution in [3.8, 4) is 0 Å². The molecule has 0 aromatic heterocycles. The van der Waals surface area contributed by atoms with Crippen LogP contribution in [-0.2, 0) is 9.53 Å². The lowest BCUT2D eigenvalue weighted by Crippen LogP contribution is -2.24. The standard InChI is InChI=1S/C26H24N6O4/c1-18(2)26(33)36-25-15-16-31(17-25)23-11-7-21(8-12-23)29-27-19-3-5-20(6-4-19)28-30-22-9-13-24(14-10-22)32(34)35/h3-14,25H,1,15-17H2,2H3/t25-/m0/s1. The summed E-state index contributed by atoms with van der Waals surface area (Å²) in [5, 5.41) is 27.5. The van der Waals surface area contributed by atoms with Crippen molar-refractivity contribution in [1.29, 1.82) is 0 Å². The predicted octanol–water partition coefficient (Wildman–Crippen LogP) is 7.12. The van der Waals surface area contributed by atoms with Gasteiger partial charge >= 0.3 is 5.97 Å². The first-order valence-corrected chi connectivity index (χ1v) is 11.3. The van der Waals surface area contributed by atoms with E-state index >= 15 is 0 Å². The molecule has 0 radical (unpaired) electrons. The van der Waals surface area contributed by atoms with E-state index in [4.69, 9.17) is 4.74 Å². The van der Waals surface area contributed by atoms with E-state index in [1.54, 1.807) is 31.2 Å². The highest BCUT2D eigenvalue weighted by atomic mass is 16.6. The van der Waals surface area contributed by atoms with Crippen LogP contribution in [0.25, 0.3) is 0 Å². The molecule has 1 fully saturated rings. The number of nitrogens with zero attached hydrogens (tertiary/aromatic N) is 6. The average molecular weight is 485 g/mol. The number of azo groups is 2. The van der Waals surface area contributed by atoms with Crippen LogP contribution in [0.15, 0.2) is 105 Å². The average Bonchev–Trinajstić information content (AvgIpc) is 3.35. The first-order valence-electron chi connectivity index (χ1n) is 11.3. The molecule has 10 nitrogen and oxygen atoms in total. The summed E-state index contributed by atoms with van der Waals surface area (Å²) in [6, 6.07) is 20.6. The largest absolute Gasteiger partial charge is 0.457 e. The molecule has 36 heavy (non-hydrogen) atoms. The second-order valence-electron chi connectivity index (χ2n) is 8.25. The highest BCUT2D eigenvalue weighted by Gasteiger charge is 2.26. The van der Waals surface area contributed by atoms with Crippen LogP contribution >= 0.6 is 0 Å². The topological polar surface area (TPSA) is 122 Å². The van der Waals surface area contributed by atoms with E-state index in [1.807, 2.05) is 24.3 Å². The van der Waals surface area contributed by atoms with Gasteiger partial charge in [0.15, 0.2) is 0 Å². The second kappa shape index (κ2) is 11.1. The van der Waals surface area contributed by atoms with Crippen molar-refractivity contribution < 1.29 is 14.5 Å². The molecule has 182 valence electrons. The van der Waals surface area contributed by atoms with Gasteiger partial charge in [-0.1, -0.05) is 6.58 Å². The molecule has 1 atom stereocenters. The fourth-order valence-corrected chi connectivity index (χ4v) is 3.50. The van der Waals surface area contributed by atoms with Crippen molar-refractivity contribution >= 4 is 40.1 Å². The lowest BCUT2D eigenvalue weighted by molar-refractivity contribution is -0.384.